The maximum atomic E-state index is 13.3. The number of rotatable bonds is 7. The van der Waals surface area contributed by atoms with Gasteiger partial charge in [-0.2, -0.15) is 0 Å². The molecule has 0 saturated carbocycles. The first kappa shape index (κ1) is 19.9. The van der Waals surface area contributed by atoms with Crippen molar-refractivity contribution in [1.82, 2.24) is 9.66 Å². The minimum Gasteiger partial charge on any atom is -0.353 e. The summed E-state index contributed by atoms with van der Waals surface area (Å²) in [4.78, 5) is 4.35. The molecule has 0 bridgehead atoms. The quantitative estimate of drug-likeness (QED) is 0.601. The van der Waals surface area contributed by atoms with Gasteiger partial charge in [-0.1, -0.05) is 12.1 Å². The lowest BCUT2D eigenvalue weighted by Gasteiger charge is -2.31. The topological polar surface area (TPSA) is 39.5 Å². The van der Waals surface area contributed by atoms with Gasteiger partial charge in [0.05, 0.1) is 24.9 Å². The molecule has 4 rings (SSSR count). The molecule has 0 N–H and O–H groups in total. The second kappa shape index (κ2) is 8.93. The Labute approximate surface area is 171 Å². The van der Waals surface area contributed by atoms with E-state index < -0.39 is 0 Å². The number of halogens is 1. The number of aryl methyl sites for hydroxylation is 1. The molecule has 1 fully saturated rings. The Bertz CT molecular complexity index is 949. The van der Waals surface area contributed by atoms with Gasteiger partial charge in [0, 0.05) is 36.8 Å². The zero-order valence-corrected chi connectivity index (χ0v) is 17.1. The van der Waals surface area contributed by atoms with E-state index in [2.05, 4.69) is 34.6 Å². The summed E-state index contributed by atoms with van der Waals surface area (Å²) < 4.78 is 27.0. The molecule has 0 spiro atoms. The minimum absolute atomic E-state index is 0.154. The van der Waals surface area contributed by atoms with Gasteiger partial charge in [-0.3, -0.25) is 9.66 Å². The molecule has 0 aliphatic carbocycles. The number of hydrogen-bond donors (Lipinski definition) is 0. The standard InChI is InChI=1S/C23H28FN3O2/c1-17-18(2)27(22-16-25-11-8-21(17)22)26(13-10-23-28-14-3-15-29-23)12-9-19-4-6-20(24)7-5-19/h4-8,11,16,23H,3,9-10,12-15H2,1-2H3. The Morgan fingerprint density at radius 2 is 1.86 bits per heavy atom. The van der Waals surface area contributed by atoms with E-state index in [0.717, 1.165) is 56.6 Å². The summed E-state index contributed by atoms with van der Waals surface area (Å²) in [5, 5.41) is 3.55. The number of fused-ring (bicyclic) bond motifs is 1. The van der Waals surface area contributed by atoms with Crippen LogP contribution in [0.2, 0.25) is 0 Å². The van der Waals surface area contributed by atoms with E-state index in [9.17, 15) is 4.39 Å². The van der Waals surface area contributed by atoms with E-state index in [1.807, 2.05) is 24.5 Å². The zero-order chi connectivity index (χ0) is 20.2. The van der Waals surface area contributed by atoms with E-state index in [4.69, 9.17) is 9.47 Å². The molecule has 1 aliphatic rings. The number of ether oxygens (including phenoxy) is 2. The zero-order valence-electron chi connectivity index (χ0n) is 17.1. The van der Waals surface area contributed by atoms with Crippen molar-refractivity contribution in [3.8, 4) is 0 Å². The average Bonchev–Trinajstić information content (AvgIpc) is 3.01. The van der Waals surface area contributed by atoms with Crippen LogP contribution in [0.25, 0.3) is 10.9 Å². The first-order chi connectivity index (χ1) is 14.1. The summed E-state index contributed by atoms with van der Waals surface area (Å²) in [5.74, 6) is -0.203. The molecule has 5 nitrogen and oxygen atoms in total. The first-order valence-electron chi connectivity index (χ1n) is 10.3. The van der Waals surface area contributed by atoms with Crippen LogP contribution < -0.4 is 5.01 Å². The minimum atomic E-state index is -0.203. The Balaban J connectivity index is 1.58. The monoisotopic (exact) mass is 397 g/mol. The van der Waals surface area contributed by atoms with Gasteiger partial charge in [0.15, 0.2) is 6.29 Å². The van der Waals surface area contributed by atoms with Gasteiger partial charge < -0.3 is 14.5 Å². The van der Waals surface area contributed by atoms with Crippen LogP contribution in [-0.4, -0.2) is 42.3 Å². The second-order valence-electron chi connectivity index (χ2n) is 7.56. The molecule has 1 aromatic carbocycles. The molecule has 3 heterocycles. The Hall–Kier alpha value is -2.44. The predicted octanol–water partition coefficient (Wildman–Crippen LogP) is 4.13. The highest BCUT2D eigenvalue weighted by Crippen LogP contribution is 2.25. The molecule has 29 heavy (non-hydrogen) atoms. The lowest BCUT2D eigenvalue weighted by Crippen LogP contribution is -2.40. The maximum absolute atomic E-state index is 13.3. The number of nitrogens with zero attached hydrogens (tertiary/aromatic N) is 3. The third-order valence-corrected chi connectivity index (χ3v) is 5.67. The molecule has 6 heteroatoms. The maximum Gasteiger partial charge on any atom is 0.159 e. The normalized spacial score (nSPS) is 15.1. The van der Waals surface area contributed by atoms with E-state index in [-0.39, 0.29) is 12.1 Å². The molecular formula is C23H28FN3O2. The molecule has 0 atom stereocenters. The van der Waals surface area contributed by atoms with Gasteiger partial charge in [0.2, 0.25) is 0 Å². The molecule has 1 aliphatic heterocycles. The molecule has 0 amide bonds. The number of hydrogen-bond acceptors (Lipinski definition) is 4. The molecular weight excluding hydrogens is 369 g/mol. The lowest BCUT2D eigenvalue weighted by molar-refractivity contribution is -0.180. The fourth-order valence-electron chi connectivity index (χ4n) is 3.95. The number of pyridine rings is 1. The van der Waals surface area contributed by atoms with Crippen LogP contribution in [0.15, 0.2) is 42.7 Å². The Morgan fingerprint density at radius 1 is 1.10 bits per heavy atom. The van der Waals surface area contributed by atoms with Crippen LogP contribution in [-0.2, 0) is 15.9 Å². The van der Waals surface area contributed by atoms with E-state index in [1.54, 1.807) is 0 Å². The largest absolute Gasteiger partial charge is 0.353 e. The van der Waals surface area contributed by atoms with Crippen LogP contribution in [0, 0.1) is 19.7 Å². The predicted molar refractivity (Wildman–Crippen MR) is 112 cm³/mol. The molecule has 0 radical (unpaired) electrons. The first-order valence-corrected chi connectivity index (χ1v) is 10.3. The van der Waals surface area contributed by atoms with Gasteiger partial charge in [0.25, 0.3) is 0 Å². The second-order valence-corrected chi connectivity index (χ2v) is 7.56. The summed E-state index contributed by atoms with van der Waals surface area (Å²) in [5.41, 5.74) is 4.69. The summed E-state index contributed by atoms with van der Waals surface area (Å²) in [6, 6.07) is 8.82. The fourth-order valence-corrected chi connectivity index (χ4v) is 3.95. The molecule has 154 valence electrons. The van der Waals surface area contributed by atoms with Crippen LogP contribution >= 0.6 is 0 Å². The highest BCUT2D eigenvalue weighted by Gasteiger charge is 2.20. The van der Waals surface area contributed by atoms with E-state index in [1.165, 1.54) is 28.8 Å². The SMILES string of the molecule is Cc1c(C)n(N(CCc2ccc(F)cc2)CCC2OCCCO2)c2cnccc12. The van der Waals surface area contributed by atoms with Crippen molar-refractivity contribution in [3.05, 3.63) is 65.4 Å². The van der Waals surface area contributed by atoms with Crippen molar-refractivity contribution in [2.75, 3.05) is 31.3 Å². The third-order valence-electron chi connectivity index (χ3n) is 5.67. The van der Waals surface area contributed by atoms with E-state index >= 15 is 0 Å². The summed E-state index contributed by atoms with van der Waals surface area (Å²) in [6.45, 7) is 7.42. The summed E-state index contributed by atoms with van der Waals surface area (Å²) in [6.07, 6.45) is 6.18. The Morgan fingerprint density at radius 3 is 2.62 bits per heavy atom. The van der Waals surface area contributed by atoms with E-state index in [0.29, 0.717) is 0 Å². The van der Waals surface area contributed by atoms with Gasteiger partial charge >= 0.3 is 0 Å². The van der Waals surface area contributed by atoms with Crippen molar-refractivity contribution >= 4 is 10.9 Å². The van der Waals surface area contributed by atoms with Crippen molar-refractivity contribution in [3.63, 3.8) is 0 Å². The highest BCUT2D eigenvalue weighted by atomic mass is 19.1. The smallest absolute Gasteiger partial charge is 0.159 e. The average molecular weight is 397 g/mol. The van der Waals surface area contributed by atoms with Crippen molar-refractivity contribution in [2.45, 2.75) is 39.4 Å². The molecule has 1 saturated heterocycles. The fraction of sp³-hybridized carbons (Fsp3) is 0.435. The van der Waals surface area contributed by atoms with Gasteiger partial charge in [-0.15, -0.1) is 0 Å². The van der Waals surface area contributed by atoms with Crippen LogP contribution in [0.3, 0.4) is 0 Å². The summed E-state index contributed by atoms with van der Waals surface area (Å²) >= 11 is 0. The Kier molecular flexibility index (Phi) is 6.11. The van der Waals surface area contributed by atoms with Crippen LogP contribution in [0.4, 0.5) is 4.39 Å². The molecule has 2 aromatic heterocycles. The van der Waals surface area contributed by atoms with Gasteiger partial charge in [-0.25, -0.2) is 4.39 Å². The van der Waals surface area contributed by atoms with Crippen molar-refractivity contribution < 1.29 is 13.9 Å². The van der Waals surface area contributed by atoms with Crippen molar-refractivity contribution in [1.29, 1.82) is 0 Å². The molecule has 3 aromatic rings. The molecule has 0 unspecified atom stereocenters. The van der Waals surface area contributed by atoms with Gasteiger partial charge in [0.1, 0.15) is 5.82 Å². The summed E-state index contributed by atoms with van der Waals surface area (Å²) in [7, 11) is 0. The van der Waals surface area contributed by atoms with Crippen LogP contribution in [0.5, 0.6) is 0 Å². The number of benzene rings is 1. The van der Waals surface area contributed by atoms with Gasteiger partial charge in [-0.05, 0) is 56.0 Å². The number of aromatic nitrogens is 2. The van der Waals surface area contributed by atoms with Crippen molar-refractivity contribution in [2.24, 2.45) is 0 Å². The third kappa shape index (κ3) is 4.43. The highest BCUT2D eigenvalue weighted by molar-refractivity contribution is 5.84. The lowest BCUT2D eigenvalue weighted by atomic mass is 10.1. The van der Waals surface area contributed by atoms with Crippen LogP contribution in [0.1, 0.15) is 29.7 Å².